The molecule has 19 heteroatoms. The van der Waals surface area contributed by atoms with Gasteiger partial charge in [-0.25, -0.2) is 8.78 Å². The van der Waals surface area contributed by atoms with Crippen LogP contribution in [0.2, 0.25) is 5.02 Å². The first kappa shape index (κ1) is 45.3. The number of fused-ring (bicyclic) bond motifs is 2. The Labute approximate surface area is 367 Å². The van der Waals surface area contributed by atoms with E-state index in [4.69, 9.17) is 11.6 Å². The van der Waals surface area contributed by atoms with Gasteiger partial charge in [-0.1, -0.05) is 43.0 Å². The third-order valence-corrected chi connectivity index (χ3v) is 11.5. The maximum absolute atomic E-state index is 14.3. The van der Waals surface area contributed by atoms with E-state index in [2.05, 4.69) is 26.6 Å². The molecule has 7 amide bonds. The van der Waals surface area contributed by atoms with Crippen molar-refractivity contribution < 1.29 is 55.5 Å². The van der Waals surface area contributed by atoms with E-state index in [0.717, 1.165) is 36.1 Å². The molecule has 1 unspecified atom stereocenters. The smallest absolute Gasteiger partial charge is 0.352 e. The molecule has 0 saturated carbocycles. The summed E-state index contributed by atoms with van der Waals surface area (Å²) in [6, 6.07) is 10.6. The van der Waals surface area contributed by atoms with Crippen molar-refractivity contribution >= 4 is 58.6 Å². The Bertz CT molecular complexity index is 2590. The topological polar surface area (TPSA) is 183 Å². The van der Waals surface area contributed by atoms with Gasteiger partial charge in [0, 0.05) is 76.6 Å². The molecular weight excluding hydrogens is 867 g/mol. The standard InChI is InChI=1S/C45H40ClF5N6O7/c46-33-10-8-28(47)20-31(33)39-38-32(42(62)56-39)17-25(18-34(38)54-41(61)24-15-27(45(49,50)51)19-29(48)16-24)40(60)52-13-5-3-1-2-4-6-36(58)53-21-23-7-9-30-26(14-23)22-57(44(30)64)35-11-12-37(59)55-43(35)63/h7-10,14-20,35,39H,1-6,11-13,21-22H2,(H,52,60)(H,53,58)(H,54,61)(H,56,62)(H,55,59,63)/t35?,39-/m0/s1. The number of piperidine rings is 1. The number of hydrogen-bond donors (Lipinski definition) is 5. The van der Waals surface area contributed by atoms with Gasteiger partial charge in [0.15, 0.2) is 0 Å². The first-order valence-corrected chi connectivity index (χ1v) is 20.8. The molecule has 4 aromatic rings. The molecule has 13 nitrogen and oxygen atoms in total. The van der Waals surface area contributed by atoms with Crippen LogP contribution in [-0.4, -0.2) is 58.8 Å². The van der Waals surface area contributed by atoms with Crippen LogP contribution in [0.15, 0.2) is 66.7 Å². The molecule has 334 valence electrons. The molecule has 3 heterocycles. The highest BCUT2D eigenvalue weighted by Gasteiger charge is 2.40. The number of unbranched alkanes of at least 4 members (excludes halogenated alkanes) is 4. The highest BCUT2D eigenvalue weighted by atomic mass is 35.5. The summed E-state index contributed by atoms with van der Waals surface area (Å²) in [5.41, 5.74) is -0.275. The summed E-state index contributed by atoms with van der Waals surface area (Å²) in [6.07, 6.45) is -0.922. The van der Waals surface area contributed by atoms with Crippen molar-refractivity contribution in [2.24, 2.45) is 0 Å². The molecule has 0 spiro atoms. The summed E-state index contributed by atoms with van der Waals surface area (Å²) >= 11 is 6.35. The average molecular weight is 907 g/mol. The molecule has 0 radical (unpaired) electrons. The van der Waals surface area contributed by atoms with E-state index in [-0.39, 0.29) is 95.6 Å². The number of benzene rings is 4. The van der Waals surface area contributed by atoms with E-state index < -0.39 is 64.7 Å². The Morgan fingerprint density at radius 2 is 1.55 bits per heavy atom. The Kier molecular flexibility index (Phi) is 13.4. The quantitative estimate of drug-likeness (QED) is 0.0490. The van der Waals surface area contributed by atoms with E-state index in [9.17, 15) is 55.5 Å². The zero-order valence-electron chi connectivity index (χ0n) is 33.9. The maximum atomic E-state index is 14.3. The molecule has 0 aliphatic carbocycles. The van der Waals surface area contributed by atoms with Gasteiger partial charge in [-0.2, -0.15) is 13.2 Å². The van der Waals surface area contributed by atoms with Crippen LogP contribution in [0.25, 0.3) is 0 Å². The fourth-order valence-electron chi connectivity index (χ4n) is 7.99. The lowest BCUT2D eigenvalue weighted by Crippen LogP contribution is -2.52. The third-order valence-electron chi connectivity index (χ3n) is 11.2. The second-order valence-electron chi connectivity index (χ2n) is 15.7. The highest BCUT2D eigenvalue weighted by Crippen LogP contribution is 2.41. The molecule has 5 N–H and O–H groups in total. The molecule has 1 fully saturated rings. The number of rotatable bonds is 15. The number of carbonyl (C=O) groups is 7. The number of nitrogens with zero attached hydrogens (tertiary/aromatic N) is 1. The van der Waals surface area contributed by atoms with E-state index in [1.165, 1.54) is 23.1 Å². The number of alkyl halides is 3. The lowest BCUT2D eigenvalue weighted by atomic mass is 9.94. The molecule has 3 aliphatic rings. The van der Waals surface area contributed by atoms with E-state index >= 15 is 0 Å². The predicted molar refractivity (Wildman–Crippen MR) is 221 cm³/mol. The number of anilines is 1. The van der Waals surface area contributed by atoms with Gasteiger partial charge in [-0.15, -0.1) is 0 Å². The first-order chi connectivity index (χ1) is 30.5. The summed E-state index contributed by atoms with van der Waals surface area (Å²) in [4.78, 5) is 90.8. The minimum atomic E-state index is -4.96. The van der Waals surface area contributed by atoms with Crippen LogP contribution < -0.4 is 26.6 Å². The van der Waals surface area contributed by atoms with Gasteiger partial charge < -0.3 is 26.2 Å². The van der Waals surface area contributed by atoms with Crippen molar-refractivity contribution in [2.45, 2.75) is 82.7 Å². The van der Waals surface area contributed by atoms with Gasteiger partial charge in [-0.3, -0.25) is 38.9 Å². The molecule has 0 aromatic heterocycles. The minimum Gasteiger partial charge on any atom is -0.352 e. The highest BCUT2D eigenvalue weighted by molar-refractivity contribution is 6.31. The number of halogens is 6. The van der Waals surface area contributed by atoms with Gasteiger partial charge in [0.25, 0.3) is 23.6 Å². The maximum Gasteiger partial charge on any atom is 0.416 e. The van der Waals surface area contributed by atoms with Crippen molar-refractivity contribution in [1.29, 1.82) is 0 Å². The third kappa shape index (κ3) is 10.2. The molecule has 64 heavy (non-hydrogen) atoms. The SMILES string of the molecule is O=C(CCCCCCCNC(=O)c1cc(NC(=O)c2cc(F)cc(C(F)(F)F)c2)c2c(c1)C(=O)N[C@H]2c1cc(F)ccc1Cl)NCc1ccc2c(c1)CN(C1CCC(=O)NC1=O)C2=O. The largest absolute Gasteiger partial charge is 0.416 e. The second kappa shape index (κ2) is 19.0. The number of nitrogens with one attached hydrogen (secondary N) is 5. The average Bonchev–Trinajstić information content (AvgIpc) is 3.76. The number of imide groups is 1. The van der Waals surface area contributed by atoms with E-state index in [0.29, 0.717) is 37.0 Å². The molecule has 7 rings (SSSR count). The lowest BCUT2D eigenvalue weighted by Gasteiger charge is -2.29. The lowest BCUT2D eigenvalue weighted by molar-refractivity contribution is -0.138. The zero-order chi connectivity index (χ0) is 45.9. The van der Waals surface area contributed by atoms with Crippen molar-refractivity contribution in [3.63, 3.8) is 0 Å². The molecule has 4 aromatic carbocycles. The number of amides is 7. The van der Waals surface area contributed by atoms with Gasteiger partial charge >= 0.3 is 6.18 Å². The molecular formula is C45H40ClF5N6O7. The monoisotopic (exact) mass is 906 g/mol. The Morgan fingerprint density at radius 1 is 0.797 bits per heavy atom. The van der Waals surface area contributed by atoms with Crippen LogP contribution in [0.5, 0.6) is 0 Å². The van der Waals surface area contributed by atoms with Crippen molar-refractivity contribution in [3.05, 3.63) is 133 Å². The van der Waals surface area contributed by atoms with Crippen molar-refractivity contribution in [1.82, 2.24) is 26.2 Å². The molecule has 1 saturated heterocycles. The Balaban J connectivity index is 0.898. The van der Waals surface area contributed by atoms with Crippen molar-refractivity contribution in [2.75, 3.05) is 11.9 Å². The summed E-state index contributed by atoms with van der Waals surface area (Å²) in [6.45, 7) is 0.695. The van der Waals surface area contributed by atoms with E-state index in [1.807, 2.05) is 6.07 Å². The van der Waals surface area contributed by atoms with E-state index in [1.54, 1.807) is 12.1 Å². The van der Waals surface area contributed by atoms with Crippen LogP contribution >= 0.6 is 11.6 Å². The number of carbonyl (C=O) groups excluding carboxylic acids is 7. The van der Waals surface area contributed by atoms with Gasteiger partial charge in [0.05, 0.1) is 11.6 Å². The van der Waals surface area contributed by atoms with Crippen LogP contribution in [0.4, 0.5) is 27.6 Å². The van der Waals surface area contributed by atoms with Crippen LogP contribution in [0.3, 0.4) is 0 Å². The van der Waals surface area contributed by atoms with Gasteiger partial charge in [0.1, 0.15) is 17.7 Å². The van der Waals surface area contributed by atoms with Crippen LogP contribution in [-0.2, 0) is 33.6 Å². The zero-order valence-corrected chi connectivity index (χ0v) is 34.6. The Hall–Kier alpha value is -6.69. The summed E-state index contributed by atoms with van der Waals surface area (Å²) in [5, 5.41) is 13.0. The minimum absolute atomic E-state index is 0.0527. The second-order valence-corrected chi connectivity index (χ2v) is 16.1. The number of hydrogen-bond acceptors (Lipinski definition) is 7. The Morgan fingerprint density at radius 3 is 2.31 bits per heavy atom. The first-order valence-electron chi connectivity index (χ1n) is 20.4. The fraction of sp³-hybridized carbons (Fsp3) is 0.311. The molecule has 0 bridgehead atoms. The molecule has 2 atom stereocenters. The van der Waals surface area contributed by atoms with Crippen molar-refractivity contribution in [3.8, 4) is 0 Å². The predicted octanol–water partition coefficient (Wildman–Crippen LogP) is 6.87. The summed E-state index contributed by atoms with van der Waals surface area (Å²) in [7, 11) is 0. The van der Waals surface area contributed by atoms with Gasteiger partial charge in [-0.05, 0) is 85.0 Å². The molecule has 3 aliphatic heterocycles. The van der Waals surface area contributed by atoms with Crippen LogP contribution in [0.1, 0.15) is 127 Å². The summed E-state index contributed by atoms with van der Waals surface area (Å²) in [5.74, 6) is -5.81. The summed E-state index contributed by atoms with van der Waals surface area (Å²) < 4.78 is 68.9. The fourth-order valence-corrected chi connectivity index (χ4v) is 8.21. The normalized spacial score (nSPS) is 16.8. The van der Waals surface area contributed by atoms with Gasteiger partial charge in [0.2, 0.25) is 17.7 Å². The van der Waals surface area contributed by atoms with Crippen LogP contribution in [0, 0.1) is 11.6 Å².